The predicted molar refractivity (Wildman–Crippen MR) is 97.7 cm³/mol. The molecule has 25 heavy (non-hydrogen) atoms. The lowest BCUT2D eigenvalue weighted by Crippen LogP contribution is -2.32. The van der Waals surface area contributed by atoms with Gasteiger partial charge >= 0.3 is 0 Å². The SMILES string of the molecule is Cn1nc(-c2cccs2)cc1C(=O)NC[C@H]1OCCc2ccccc21. The predicted octanol–water partition coefficient (Wildman–Crippen LogP) is 3.19. The van der Waals surface area contributed by atoms with Crippen LogP contribution in [0.4, 0.5) is 0 Å². The molecule has 128 valence electrons. The summed E-state index contributed by atoms with van der Waals surface area (Å²) in [7, 11) is 1.79. The number of ether oxygens (including phenoxy) is 1. The van der Waals surface area contributed by atoms with Gasteiger partial charge in [-0.3, -0.25) is 9.48 Å². The molecule has 2 aromatic heterocycles. The number of fused-ring (bicyclic) bond motifs is 1. The molecule has 1 aromatic carbocycles. The molecule has 0 saturated heterocycles. The van der Waals surface area contributed by atoms with Crippen molar-refractivity contribution in [3.8, 4) is 10.6 Å². The zero-order chi connectivity index (χ0) is 17.2. The smallest absolute Gasteiger partial charge is 0.269 e. The Morgan fingerprint density at radius 1 is 1.36 bits per heavy atom. The Bertz CT molecular complexity index is 886. The van der Waals surface area contributed by atoms with Crippen LogP contribution in [-0.4, -0.2) is 28.8 Å². The number of thiophene rings is 1. The van der Waals surface area contributed by atoms with Crippen molar-refractivity contribution in [2.24, 2.45) is 7.05 Å². The van der Waals surface area contributed by atoms with Gasteiger partial charge in [-0.25, -0.2) is 0 Å². The Morgan fingerprint density at radius 3 is 3.08 bits per heavy atom. The van der Waals surface area contributed by atoms with Crippen molar-refractivity contribution in [3.63, 3.8) is 0 Å². The van der Waals surface area contributed by atoms with E-state index in [1.807, 2.05) is 35.7 Å². The Balaban J connectivity index is 1.47. The Morgan fingerprint density at radius 2 is 2.24 bits per heavy atom. The zero-order valence-corrected chi connectivity index (χ0v) is 14.8. The molecule has 0 bridgehead atoms. The number of rotatable bonds is 4. The second-order valence-electron chi connectivity index (χ2n) is 6.03. The summed E-state index contributed by atoms with van der Waals surface area (Å²) in [4.78, 5) is 13.6. The molecular weight excluding hydrogens is 334 g/mol. The summed E-state index contributed by atoms with van der Waals surface area (Å²) in [5.74, 6) is -0.135. The van der Waals surface area contributed by atoms with Crippen molar-refractivity contribution in [1.82, 2.24) is 15.1 Å². The molecular formula is C19H19N3O2S. The highest BCUT2D eigenvalue weighted by Gasteiger charge is 2.22. The molecule has 1 aliphatic heterocycles. The summed E-state index contributed by atoms with van der Waals surface area (Å²) in [6.07, 6.45) is 0.825. The second-order valence-corrected chi connectivity index (χ2v) is 6.98. The van der Waals surface area contributed by atoms with E-state index in [9.17, 15) is 4.79 Å². The minimum atomic E-state index is -0.135. The van der Waals surface area contributed by atoms with Crippen LogP contribution in [0.25, 0.3) is 10.6 Å². The van der Waals surface area contributed by atoms with Crippen LogP contribution >= 0.6 is 11.3 Å². The highest BCUT2D eigenvalue weighted by Crippen LogP contribution is 2.27. The number of amides is 1. The zero-order valence-electron chi connectivity index (χ0n) is 13.9. The highest BCUT2D eigenvalue weighted by atomic mass is 32.1. The van der Waals surface area contributed by atoms with Gasteiger partial charge in [0.15, 0.2) is 0 Å². The van der Waals surface area contributed by atoms with Gasteiger partial charge in [0.2, 0.25) is 0 Å². The first-order valence-corrected chi connectivity index (χ1v) is 9.16. The normalized spacial score (nSPS) is 16.4. The maximum absolute atomic E-state index is 12.6. The average molecular weight is 353 g/mol. The molecule has 1 N–H and O–H groups in total. The molecule has 3 heterocycles. The van der Waals surface area contributed by atoms with Gasteiger partial charge in [0.1, 0.15) is 17.5 Å². The summed E-state index contributed by atoms with van der Waals surface area (Å²) in [6.45, 7) is 1.14. The largest absolute Gasteiger partial charge is 0.371 e. The van der Waals surface area contributed by atoms with Crippen molar-refractivity contribution >= 4 is 17.2 Å². The van der Waals surface area contributed by atoms with Crippen LogP contribution in [0.5, 0.6) is 0 Å². The Kier molecular flexibility index (Phi) is 4.38. The minimum Gasteiger partial charge on any atom is -0.371 e. The van der Waals surface area contributed by atoms with E-state index in [-0.39, 0.29) is 12.0 Å². The molecule has 0 radical (unpaired) electrons. The van der Waals surface area contributed by atoms with Crippen molar-refractivity contribution in [1.29, 1.82) is 0 Å². The van der Waals surface area contributed by atoms with Gasteiger partial charge < -0.3 is 10.1 Å². The average Bonchev–Trinajstić information content (AvgIpc) is 3.29. The molecule has 1 amide bonds. The fourth-order valence-electron chi connectivity index (χ4n) is 3.15. The van der Waals surface area contributed by atoms with E-state index in [1.54, 1.807) is 23.1 Å². The van der Waals surface area contributed by atoms with Gasteiger partial charge in [-0.1, -0.05) is 30.3 Å². The molecule has 0 aliphatic carbocycles. The molecule has 1 atom stereocenters. The topological polar surface area (TPSA) is 56.2 Å². The number of carbonyl (C=O) groups excluding carboxylic acids is 1. The third-order valence-electron chi connectivity index (χ3n) is 4.43. The number of aryl methyl sites for hydroxylation is 1. The van der Waals surface area contributed by atoms with E-state index < -0.39 is 0 Å². The lowest BCUT2D eigenvalue weighted by molar-refractivity contribution is 0.0410. The van der Waals surface area contributed by atoms with Gasteiger partial charge in [-0.2, -0.15) is 5.10 Å². The first-order chi connectivity index (χ1) is 12.2. The standard InChI is InChI=1S/C19H19N3O2S/c1-22-16(11-15(21-22)18-7-4-10-25-18)19(23)20-12-17-14-6-3-2-5-13(14)8-9-24-17/h2-7,10-11,17H,8-9,12H2,1H3,(H,20,23)/t17-/m1/s1. The van der Waals surface area contributed by atoms with Crippen LogP contribution in [0.1, 0.15) is 27.7 Å². The quantitative estimate of drug-likeness (QED) is 0.784. The van der Waals surface area contributed by atoms with Crippen molar-refractivity contribution < 1.29 is 9.53 Å². The molecule has 0 fully saturated rings. The van der Waals surface area contributed by atoms with Gasteiger partial charge in [0.25, 0.3) is 5.91 Å². The summed E-state index contributed by atoms with van der Waals surface area (Å²) in [5.41, 5.74) is 3.83. The number of aromatic nitrogens is 2. The Hall–Kier alpha value is -2.44. The molecule has 6 heteroatoms. The van der Waals surface area contributed by atoms with Crippen LogP contribution in [0.15, 0.2) is 47.8 Å². The summed E-state index contributed by atoms with van der Waals surface area (Å²) >= 11 is 1.61. The first kappa shape index (κ1) is 16.1. The van der Waals surface area contributed by atoms with Gasteiger partial charge in [0.05, 0.1) is 11.5 Å². The van der Waals surface area contributed by atoms with Gasteiger partial charge in [-0.05, 0) is 35.1 Å². The van der Waals surface area contributed by atoms with E-state index in [2.05, 4.69) is 22.5 Å². The summed E-state index contributed by atoms with van der Waals surface area (Å²) in [6, 6.07) is 14.1. The Labute approximate surface area is 150 Å². The lowest BCUT2D eigenvalue weighted by atomic mass is 9.97. The number of benzene rings is 1. The number of carbonyl (C=O) groups is 1. The number of hydrogen-bond acceptors (Lipinski definition) is 4. The molecule has 5 nitrogen and oxygen atoms in total. The molecule has 0 saturated carbocycles. The molecule has 0 unspecified atom stereocenters. The fraction of sp³-hybridized carbons (Fsp3) is 0.263. The number of nitrogens with one attached hydrogen (secondary N) is 1. The summed E-state index contributed by atoms with van der Waals surface area (Å²) in [5, 5.41) is 9.43. The van der Waals surface area contributed by atoms with E-state index in [0.717, 1.165) is 17.0 Å². The third kappa shape index (κ3) is 3.23. The fourth-order valence-corrected chi connectivity index (χ4v) is 3.83. The van der Waals surface area contributed by atoms with Crippen LogP contribution in [0, 0.1) is 0 Å². The van der Waals surface area contributed by atoms with Crippen molar-refractivity contribution in [2.45, 2.75) is 12.5 Å². The number of hydrogen-bond donors (Lipinski definition) is 1. The van der Waals surface area contributed by atoms with Gasteiger partial charge in [0, 0.05) is 13.6 Å². The molecule has 4 rings (SSSR count). The first-order valence-electron chi connectivity index (χ1n) is 8.28. The third-order valence-corrected chi connectivity index (χ3v) is 5.32. The lowest BCUT2D eigenvalue weighted by Gasteiger charge is -2.26. The van der Waals surface area contributed by atoms with Crippen LogP contribution < -0.4 is 5.32 Å². The van der Waals surface area contributed by atoms with Crippen molar-refractivity contribution in [3.05, 3.63) is 64.7 Å². The van der Waals surface area contributed by atoms with E-state index >= 15 is 0 Å². The monoisotopic (exact) mass is 353 g/mol. The van der Waals surface area contributed by atoms with Gasteiger partial charge in [-0.15, -0.1) is 11.3 Å². The van der Waals surface area contributed by atoms with E-state index in [1.165, 1.54) is 11.1 Å². The molecule has 1 aliphatic rings. The minimum absolute atomic E-state index is 0.0982. The molecule has 0 spiro atoms. The van der Waals surface area contributed by atoms with E-state index in [0.29, 0.717) is 18.8 Å². The molecule has 3 aromatic rings. The highest BCUT2D eigenvalue weighted by molar-refractivity contribution is 7.13. The van der Waals surface area contributed by atoms with Crippen LogP contribution in [0.2, 0.25) is 0 Å². The summed E-state index contributed by atoms with van der Waals surface area (Å²) < 4.78 is 7.47. The second kappa shape index (κ2) is 6.82. The van der Waals surface area contributed by atoms with Crippen molar-refractivity contribution in [2.75, 3.05) is 13.2 Å². The maximum atomic E-state index is 12.6. The number of nitrogens with zero attached hydrogens (tertiary/aromatic N) is 2. The maximum Gasteiger partial charge on any atom is 0.269 e. The van der Waals surface area contributed by atoms with Crippen LogP contribution in [-0.2, 0) is 18.2 Å². The van der Waals surface area contributed by atoms with E-state index in [4.69, 9.17) is 4.74 Å². The van der Waals surface area contributed by atoms with Crippen LogP contribution in [0.3, 0.4) is 0 Å².